The summed E-state index contributed by atoms with van der Waals surface area (Å²) in [6.45, 7) is 5.94. The predicted octanol–water partition coefficient (Wildman–Crippen LogP) is -0.952. The van der Waals surface area contributed by atoms with Crippen molar-refractivity contribution in [1.82, 2.24) is 0 Å². The standard InChI is InChI=1S/C39H62O17/c1-5-6-7-8-19-12-22(43)27(21-11-18(4)9-10-20(21)17(2)3)23(13-19)51-39-34(50)36(56-38-33(49)31(47)29(45)25(15-41)53-38)35(26(16-42)54-39)55-37-32(48)30(46)28(44)24(14-40)52-37/h11-13,17,20-21,24-26,28-50H,5-10,14-16H2,1-4H3/t20?,21-,24-,25-,26-,28-,29-,30+,31+,32-,33-,34-,35-,36-,37+,38+,39-/m1/s1. The molecule has 320 valence electrons. The van der Waals surface area contributed by atoms with Gasteiger partial charge in [-0.25, -0.2) is 0 Å². The summed E-state index contributed by atoms with van der Waals surface area (Å²) in [6, 6.07) is 3.50. The summed E-state index contributed by atoms with van der Waals surface area (Å²) in [6.07, 6.45) is -18.5. The Hall–Kier alpha value is -2.04. The number of hydrogen-bond donors (Lipinski definition) is 11. The molecule has 11 N–H and O–H groups in total. The molecule has 0 amide bonds. The summed E-state index contributed by atoms with van der Waals surface area (Å²) in [4.78, 5) is 0. The van der Waals surface area contributed by atoms with E-state index < -0.39 is 112 Å². The van der Waals surface area contributed by atoms with Gasteiger partial charge in [0.1, 0.15) is 84.7 Å². The van der Waals surface area contributed by atoms with Gasteiger partial charge in [0.05, 0.1) is 19.8 Å². The lowest BCUT2D eigenvalue weighted by Crippen LogP contribution is -2.67. The Bertz CT molecular complexity index is 1420. The smallest absolute Gasteiger partial charge is 0.229 e. The Morgan fingerprint density at radius 1 is 0.696 bits per heavy atom. The molecule has 0 radical (unpaired) electrons. The van der Waals surface area contributed by atoms with Crippen LogP contribution in [0.2, 0.25) is 0 Å². The Morgan fingerprint density at radius 3 is 1.79 bits per heavy atom. The molecule has 1 aliphatic carbocycles. The monoisotopic (exact) mass is 802 g/mol. The molecule has 17 heteroatoms. The van der Waals surface area contributed by atoms with Crippen molar-refractivity contribution in [2.45, 2.75) is 164 Å². The zero-order valence-electron chi connectivity index (χ0n) is 32.4. The van der Waals surface area contributed by atoms with Crippen molar-refractivity contribution < 1.29 is 84.6 Å². The van der Waals surface area contributed by atoms with Gasteiger partial charge >= 0.3 is 0 Å². The molecule has 17 nitrogen and oxygen atoms in total. The number of unbranched alkanes of at least 4 members (excludes halogenated alkanes) is 2. The molecule has 0 spiro atoms. The van der Waals surface area contributed by atoms with Crippen molar-refractivity contribution in [3.8, 4) is 11.5 Å². The van der Waals surface area contributed by atoms with Gasteiger partial charge in [0.2, 0.25) is 6.29 Å². The molecule has 3 heterocycles. The van der Waals surface area contributed by atoms with Crippen LogP contribution in [0.1, 0.15) is 76.8 Å². The van der Waals surface area contributed by atoms with Crippen LogP contribution < -0.4 is 4.74 Å². The Balaban J connectivity index is 1.55. The second kappa shape index (κ2) is 19.8. The maximum absolute atomic E-state index is 12.1. The first-order valence-corrected chi connectivity index (χ1v) is 19.7. The summed E-state index contributed by atoms with van der Waals surface area (Å²) in [5.74, 6) is 0.282. The second-order valence-corrected chi connectivity index (χ2v) is 15.9. The summed E-state index contributed by atoms with van der Waals surface area (Å²) < 4.78 is 35.8. The fourth-order valence-corrected chi connectivity index (χ4v) is 8.21. The van der Waals surface area contributed by atoms with E-state index in [1.165, 1.54) is 0 Å². The van der Waals surface area contributed by atoms with Crippen molar-refractivity contribution in [2.75, 3.05) is 19.8 Å². The Labute approximate surface area is 326 Å². The number of aryl methyl sites for hydroxylation is 1. The average Bonchev–Trinajstić information content (AvgIpc) is 3.17. The largest absolute Gasteiger partial charge is 0.507 e. The Morgan fingerprint density at radius 2 is 1.25 bits per heavy atom. The third-order valence-corrected chi connectivity index (χ3v) is 11.6. The number of aliphatic hydroxyl groups is 10. The molecule has 0 saturated carbocycles. The molecule has 1 unspecified atom stereocenters. The summed E-state index contributed by atoms with van der Waals surface area (Å²) >= 11 is 0. The van der Waals surface area contributed by atoms with Crippen LogP contribution in [0, 0.1) is 11.8 Å². The number of ether oxygens (including phenoxy) is 6. The highest BCUT2D eigenvalue weighted by atomic mass is 16.8. The van der Waals surface area contributed by atoms with Gasteiger partial charge in [-0.15, -0.1) is 0 Å². The highest BCUT2D eigenvalue weighted by Gasteiger charge is 2.55. The number of aromatic hydroxyl groups is 1. The number of phenolic OH excluding ortho intramolecular Hbond substituents is 1. The average molecular weight is 803 g/mol. The third kappa shape index (κ3) is 9.70. The van der Waals surface area contributed by atoms with Gasteiger partial charge in [0.25, 0.3) is 0 Å². The van der Waals surface area contributed by atoms with Crippen LogP contribution in [-0.4, -0.2) is 168 Å². The van der Waals surface area contributed by atoms with E-state index in [1.807, 2.05) is 6.92 Å². The lowest BCUT2D eigenvalue weighted by Gasteiger charge is -2.49. The molecule has 3 aliphatic heterocycles. The maximum atomic E-state index is 12.1. The minimum absolute atomic E-state index is 0.00227. The molecule has 0 bridgehead atoms. The van der Waals surface area contributed by atoms with Crippen LogP contribution in [0.5, 0.6) is 11.5 Å². The van der Waals surface area contributed by atoms with Gasteiger partial charge < -0.3 is 84.6 Å². The van der Waals surface area contributed by atoms with Crippen LogP contribution in [0.3, 0.4) is 0 Å². The highest BCUT2D eigenvalue weighted by Crippen LogP contribution is 2.48. The molecule has 1 aromatic carbocycles. The molecule has 3 saturated heterocycles. The number of phenols is 1. The third-order valence-electron chi connectivity index (χ3n) is 11.6. The van der Waals surface area contributed by atoms with Gasteiger partial charge in [-0.3, -0.25) is 0 Å². The van der Waals surface area contributed by atoms with Gasteiger partial charge in [-0.1, -0.05) is 45.3 Å². The van der Waals surface area contributed by atoms with Crippen molar-refractivity contribution in [1.29, 1.82) is 0 Å². The lowest BCUT2D eigenvalue weighted by molar-refractivity contribution is -0.381. The summed E-state index contributed by atoms with van der Waals surface area (Å²) in [5.41, 5.74) is 2.39. The van der Waals surface area contributed by atoms with E-state index in [2.05, 4.69) is 26.8 Å². The first-order valence-electron chi connectivity index (χ1n) is 19.7. The number of allylic oxidation sites excluding steroid dienone is 2. The minimum Gasteiger partial charge on any atom is -0.507 e. The predicted molar refractivity (Wildman–Crippen MR) is 195 cm³/mol. The van der Waals surface area contributed by atoms with Gasteiger partial charge in [-0.05, 0) is 62.1 Å². The van der Waals surface area contributed by atoms with E-state index in [1.54, 1.807) is 12.1 Å². The van der Waals surface area contributed by atoms with Crippen molar-refractivity contribution in [2.24, 2.45) is 11.8 Å². The summed E-state index contributed by atoms with van der Waals surface area (Å²) in [7, 11) is 0. The first-order chi connectivity index (χ1) is 26.6. The molecule has 1 aromatic rings. The zero-order valence-corrected chi connectivity index (χ0v) is 32.4. The molecule has 4 aliphatic rings. The van der Waals surface area contributed by atoms with Gasteiger partial charge in [0, 0.05) is 11.5 Å². The van der Waals surface area contributed by atoms with Crippen molar-refractivity contribution >= 4 is 0 Å². The highest BCUT2D eigenvalue weighted by molar-refractivity contribution is 5.52. The quantitative estimate of drug-likeness (QED) is 0.0753. The topological polar surface area (TPSA) is 278 Å². The summed E-state index contributed by atoms with van der Waals surface area (Å²) in [5, 5.41) is 117. The Kier molecular flexibility index (Phi) is 15.9. The van der Waals surface area contributed by atoms with Crippen LogP contribution in [0.4, 0.5) is 0 Å². The van der Waals surface area contributed by atoms with Crippen molar-refractivity contribution in [3.63, 3.8) is 0 Å². The molecular weight excluding hydrogens is 740 g/mol. The molecule has 17 atom stereocenters. The molecule has 56 heavy (non-hydrogen) atoms. The van der Waals surface area contributed by atoms with Gasteiger partial charge in [0.15, 0.2) is 12.6 Å². The molecule has 3 fully saturated rings. The van der Waals surface area contributed by atoms with E-state index in [9.17, 15) is 56.2 Å². The fraction of sp³-hybridized carbons (Fsp3) is 0.795. The number of benzene rings is 1. The number of aliphatic hydroxyl groups excluding tert-OH is 10. The van der Waals surface area contributed by atoms with Crippen LogP contribution in [-0.2, 0) is 30.1 Å². The fourth-order valence-electron chi connectivity index (χ4n) is 8.21. The second-order valence-electron chi connectivity index (χ2n) is 15.9. The first kappa shape index (κ1) is 45.1. The van der Waals surface area contributed by atoms with Crippen LogP contribution >= 0.6 is 0 Å². The van der Waals surface area contributed by atoms with E-state index >= 15 is 0 Å². The molecular formula is C39H62O17. The molecule has 5 rings (SSSR count). The van der Waals surface area contributed by atoms with E-state index in [0.29, 0.717) is 12.0 Å². The van der Waals surface area contributed by atoms with Gasteiger partial charge in [-0.2, -0.15) is 0 Å². The molecule has 0 aromatic heterocycles. The van der Waals surface area contributed by atoms with Crippen molar-refractivity contribution in [3.05, 3.63) is 34.9 Å². The normalized spacial score (nSPS) is 40.8. The number of hydrogen-bond acceptors (Lipinski definition) is 17. The van der Waals surface area contributed by atoms with Crippen LogP contribution in [0.15, 0.2) is 23.8 Å². The van der Waals surface area contributed by atoms with E-state index in [0.717, 1.165) is 43.2 Å². The van der Waals surface area contributed by atoms with E-state index in [4.69, 9.17) is 28.4 Å². The SMILES string of the molecule is CCCCCc1cc(O)c([C@@H]2C=C(C)CCC2C(C)C)c(O[C@@H]2O[C@H](CO)[C@@H](O[C@@H]3O[C@H](CO)[C@@H](O)[C@H](O)[C@H]3O)[C@H](O[C@@H]3O[C@H](CO)[C@@H](O)[C@H](O)[C@H]3O)[C@H]2O)c1. The lowest BCUT2D eigenvalue weighted by atomic mass is 9.71. The maximum Gasteiger partial charge on any atom is 0.229 e. The minimum atomic E-state index is -1.93. The van der Waals surface area contributed by atoms with E-state index in [-0.39, 0.29) is 29.3 Å². The number of rotatable bonds is 15. The zero-order chi connectivity index (χ0) is 41.0. The van der Waals surface area contributed by atoms with Crippen LogP contribution in [0.25, 0.3) is 0 Å².